The molecule has 0 bridgehead atoms. The van der Waals surface area contributed by atoms with E-state index in [1.165, 1.54) is 13.0 Å². The SMILES string of the molecule is CCOC(=O)c1c(C)oc(NS(=O)(=O)c2ccc(C)cc2C)c1C(=O)OCC. The van der Waals surface area contributed by atoms with Crippen LogP contribution in [-0.4, -0.2) is 33.6 Å². The summed E-state index contributed by atoms with van der Waals surface area (Å²) in [5.41, 5.74) is 0.950. The number of sulfonamides is 1. The van der Waals surface area contributed by atoms with Crippen molar-refractivity contribution in [3.05, 3.63) is 46.2 Å². The van der Waals surface area contributed by atoms with E-state index < -0.39 is 22.0 Å². The molecule has 1 N–H and O–H groups in total. The lowest BCUT2D eigenvalue weighted by atomic mass is 10.1. The van der Waals surface area contributed by atoms with E-state index in [9.17, 15) is 18.0 Å². The van der Waals surface area contributed by atoms with Gasteiger partial charge in [-0.1, -0.05) is 17.7 Å². The van der Waals surface area contributed by atoms with Crippen LogP contribution in [0.25, 0.3) is 0 Å². The summed E-state index contributed by atoms with van der Waals surface area (Å²) in [6.07, 6.45) is 0. The number of anilines is 1. The Balaban J connectivity index is 2.57. The minimum absolute atomic E-state index is 0.0275. The number of aryl methyl sites for hydroxylation is 3. The second-order valence-corrected chi connectivity index (χ2v) is 7.70. The van der Waals surface area contributed by atoms with E-state index in [0.29, 0.717) is 5.56 Å². The van der Waals surface area contributed by atoms with Crippen molar-refractivity contribution < 1.29 is 31.9 Å². The topological polar surface area (TPSA) is 112 Å². The number of rotatable bonds is 7. The first-order chi connectivity index (χ1) is 13.1. The van der Waals surface area contributed by atoms with Crippen molar-refractivity contribution in [1.82, 2.24) is 0 Å². The van der Waals surface area contributed by atoms with Crippen LogP contribution >= 0.6 is 0 Å². The third kappa shape index (κ3) is 4.36. The minimum Gasteiger partial charge on any atom is -0.462 e. The van der Waals surface area contributed by atoms with Crippen molar-refractivity contribution in [3.63, 3.8) is 0 Å². The van der Waals surface area contributed by atoms with Gasteiger partial charge in [-0.05, 0) is 46.2 Å². The number of carbonyl (C=O) groups is 2. The molecule has 0 aliphatic rings. The van der Waals surface area contributed by atoms with Gasteiger partial charge in [-0.25, -0.2) is 22.7 Å². The number of furan rings is 1. The van der Waals surface area contributed by atoms with Crippen LogP contribution in [0.3, 0.4) is 0 Å². The molecule has 0 saturated carbocycles. The van der Waals surface area contributed by atoms with E-state index in [1.807, 2.05) is 6.92 Å². The molecule has 0 amide bonds. The second-order valence-electron chi connectivity index (χ2n) is 6.05. The number of nitrogens with one attached hydrogen (secondary N) is 1. The molecule has 0 atom stereocenters. The molecule has 0 spiro atoms. The Morgan fingerprint density at radius 3 is 2.11 bits per heavy atom. The Kier molecular flexibility index (Phi) is 6.50. The third-order valence-electron chi connectivity index (χ3n) is 3.89. The van der Waals surface area contributed by atoms with Gasteiger partial charge in [-0.3, -0.25) is 0 Å². The molecule has 0 aliphatic carbocycles. The normalized spacial score (nSPS) is 11.2. The minimum atomic E-state index is -4.08. The summed E-state index contributed by atoms with van der Waals surface area (Å²) in [7, 11) is -4.08. The van der Waals surface area contributed by atoms with Gasteiger partial charge in [-0.2, -0.15) is 0 Å². The van der Waals surface area contributed by atoms with E-state index in [4.69, 9.17) is 13.9 Å². The van der Waals surface area contributed by atoms with Gasteiger partial charge in [-0.15, -0.1) is 0 Å². The molecule has 0 unspecified atom stereocenters. The van der Waals surface area contributed by atoms with Crippen LogP contribution in [0, 0.1) is 20.8 Å². The molecular weight excluding hydrogens is 386 g/mol. The van der Waals surface area contributed by atoms with Crippen LogP contribution in [0.1, 0.15) is 51.5 Å². The number of hydrogen-bond acceptors (Lipinski definition) is 7. The van der Waals surface area contributed by atoms with Gasteiger partial charge >= 0.3 is 11.9 Å². The first kappa shape index (κ1) is 21.5. The van der Waals surface area contributed by atoms with Crippen molar-refractivity contribution in [1.29, 1.82) is 0 Å². The molecule has 2 aromatic rings. The van der Waals surface area contributed by atoms with Crippen LogP contribution in [0.5, 0.6) is 0 Å². The fourth-order valence-corrected chi connectivity index (χ4v) is 3.97. The van der Waals surface area contributed by atoms with Crippen LogP contribution in [0.4, 0.5) is 5.88 Å². The molecule has 152 valence electrons. The number of hydrogen-bond donors (Lipinski definition) is 1. The third-order valence-corrected chi connectivity index (χ3v) is 5.38. The average molecular weight is 409 g/mol. The molecule has 2 rings (SSSR count). The summed E-state index contributed by atoms with van der Waals surface area (Å²) in [6, 6.07) is 4.84. The molecule has 0 fully saturated rings. The molecule has 28 heavy (non-hydrogen) atoms. The lowest BCUT2D eigenvalue weighted by molar-refractivity contribution is 0.0480. The van der Waals surface area contributed by atoms with Crippen molar-refractivity contribution in [2.75, 3.05) is 17.9 Å². The van der Waals surface area contributed by atoms with Gasteiger partial charge in [0, 0.05) is 0 Å². The largest absolute Gasteiger partial charge is 0.462 e. The lowest BCUT2D eigenvalue weighted by Crippen LogP contribution is -2.18. The van der Waals surface area contributed by atoms with Crippen LogP contribution < -0.4 is 4.72 Å². The maximum Gasteiger partial charge on any atom is 0.344 e. The maximum absolute atomic E-state index is 12.8. The quantitative estimate of drug-likeness (QED) is 0.698. The Bertz CT molecular complexity index is 1010. The molecule has 1 aromatic heterocycles. The van der Waals surface area contributed by atoms with Crippen molar-refractivity contribution in [2.45, 2.75) is 39.5 Å². The van der Waals surface area contributed by atoms with Crippen LogP contribution in [0.15, 0.2) is 27.5 Å². The van der Waals surface area contributed by atoms with Crippen LogP contribution in [-0.2, 0) is 19.5 Å². The number of ether oxygens (including phenoxy) is 2. The number of esters is 2. The van der Waals surface area contributed by atoms with Gasteiger partial charge in [0.2, 0.25) is 5.88 Å². The van der Waals surface area contributed by atoms with E-state index in [-0.39, 0.29) is 40.9 Å². The van der Waals surface area contributed by atoms with E-state index >= 15 is 0 Å². The van der Waals surface area contributed by atoms with Crippen molar-refractivity contribution >= 4 is 27.8 Å². The number of benzene rings is 1. The van der Waals surface area contributed by atoms with Gasteiger partial charge in [0.25, 0.3) is 10.0 Å². The predicted molar refractivity (Wildman–Crippen MR) is 102 cm³/mol. The molecule has 0 saturated heterocycles. The Morgan fingerprint density at radius 2 is 1.57 bits per heavy atom. The van der Waals surface area contributed by atoms with E-state index in [1.54, 1.807) is 32.9 Å². The summed E-state index contributed by atoms with van der Waals surface area (Å²) >= 11 is 0. The van der Waals surface area contributed by atoms with E-state index in [2.05, 4.69) is 4.72 Å². The Labute approximate surface area is 163 Å². The summed E-state index contributed by atoms with van der Waals surface area (Å²) in [5.74, 6) is -2.04. The zero-order valence-corrected chi connectivity index (χ0v) is 17.2. The van der Waals surface area contributed by atoms with Crippen molar-refractivity contribution in [3.8, 4) is 0 Å². The predicted octanol–water partition coefficient (Wildman–Crippen LogP) is 3.36. The molecule has 1 aromatic carbocycles. The smallest absolute Gasteiger partial charge is 0.344 e. The molecular formula is C19H23NO7S. The van der Waals surface area contributed by atoms with Gasteiger partial charge in [0.15, 0.2) is 0 Å². The Morgan fingerprint density at radius 1 is 1.00 bits per heavy atom. The molecule has 8 nitrogen and oxygen atoms in total. The highest BCUT2D eigenvalue weighted by Crippen LogP contribution is 2.31. The van der Waals surface area contributed by atoms with E-state index in [0.717, 1.165) is 5.56 Å². The van der Waals surface area contributed by atoms with Gasteiger partial charge in [0.05, 0.1) is 18.1 Å². The highest BCUT2D eigenvalue weighted by atomic mass is 32.2. The van der Waals surface area contributed by atoms with Crippen LogP contribution in [0.2, 0.25) is 0 Å². The summed E-state index contributed by atoms with van der Waals surface area (Å²) in [5, 5.41) is 0. The molecule has 9 heteroatoms. The summed E-state index contributed by atoms with van der Waals surface area (Å²) in [6.45, 7) is 8.26. The summed E-state index contributed by atoms with van der Waals surface area (Å²) in [4.78, 5) is 24.7. The first-order valence-corrected chi connectivity index (χ1v) is 10.2. The molecule has 0 radical (unpaired) electrons. The van der Waals surface area contributed by atoms with Gasteiger partial charge < -0.3 is 13.9 Å². The standard InChI is InChI=1S/C19H23NO7S/c1-6-25-18(21)15-13(5)27-17(16(15)19(22)26-7-2)20-28(23,24)14-9-8-11(3)10-12(14)4/h8-10,20H,6-7H2,1-5H3. The lowest BCUT2D eigenvalue weighted by Gasteiger charge is -2.10. The highest BCUT2D eigenvalue weighted by molar-refractivity contribution is 7.92. The second kappa shape index (κ2) is 8.47. The fourth-order valence-electron chi connectivity index (χ4n) is 2.74. The number of carbonyl (C=O) groups excluding carboxylic acids is 2. The van der Waals surface area contributed by atoms with Gasteiger partial charge in [0.1, 0.15) is 16.9 Å². The zero-order valence-electron chi connectivity index (χ0n) is 16.4. The fraction of sp³-hybridized carbons (Fsp3) is 0.368. The zero-order chi connectivity index (χ0) is 21.1. The highest BCUT2D eigenvalue weighted by Gasteiger charge is 2.33. The summed E-state index contributed by atoms with van der Waals surface area (Å²) < 4.78 is 43.3. The van der Waals surface area contributed by atoms with Crippen molar-refractivity contribution in [2.24, 2.45) is 0 Å². The maximum atomic E-state index is 12.8. The molecule has 0 aliphatic heterocycles. The Hall–Kier alpha value is -2.81. The molecule has 1 heterocycles. The average Bonchev–Trinajstić information content (AvgIpc) is 2.90. The first-order valence-electron chi connectivity index (χ1n) is 8.70. The monoisotopic (exact) mass is 409 g/mol.